The summed E-state index contributed by atoms with van der Waals surface area (Å²) in [5.41, 5.74) is 4.86. The van der Waals surface area contributed by atoms with Gasteiger partial charge in [0.25, 0.3) is 0 Å². The predicted molar refractivity (Wildman–Crippen MR) is 95.8 cm³/mol. The molecule has 1 saturated heterocycles. The molecule has 122 valence electrons. The van der Waals surface area contributed by atoms with Gasteiger partial charge >= 0.3 is 0 Å². The highest BCUT2D eigenvalue weighted by Crippen LogP contribution is 2.32. The number of likely N-dealkylation sites (tertiary alicyclic amines) is 1. The first-order chi connectivity index (χ1) is 11.7. The molecule has 0 atom stereocenters. The first-order valence-corrected chi connectivity index (χ1v) is 8.46. The quantitative estimate of drug-likeness (QED) is 0.692. The van der Waals surface area contributed by atoms with Crippen molar-refractivity contribution in [1.29, 1.82) is 0 Å². The molecule has 1 amide bonds. The Balaban J connectivity index is 1.60. The first kappa shape index (κ1) is 14.9. The maximum Gasteiger partial charge on any atom is 0.209 e. The Morgan fingerprint density at radius 1 is 1.08 bits per heavy atom. The summed E-state index contributed by atoms with van der Waals surface area (Å²) in [6.07, 6.45) is 5.15. The van der Waals surface area contributed by atoms with Crippen LogP contribution in [0.15, 0.2) is 48.7 Å². The smallest absolute Gasteiger partial charge is 0.209 e. The predicted octanol–water partition coefficient (Wildman–Crippen LogP) is 3.58. The molecule has 0 bridgehead atoms. The molecule has 1 aliphatic rings. The van der Waals surface area contributed by atoms with Crippen LogP contribution in [0.3, 0.4) is 0 Å². The summed E-state index contributed by atoms with van der Waals surface area (Å²) >= 11 is 0. The molecule has 4 nitrogen and oxygen atoms in total. The number of amides is 1. The number of aryl methyl sites for hydroxylation is 1. The van der Waals surface area contributed by atoms with Crippen LogP contribution in [0.5, 0.6) is 0 Å². The lowest BCUT2D eigenvalue weighted by Crippen LogP contribution is -2.31. The van der Waals surface area contributed by atoms with E-state index < -0.39 is 0 Å². The highest BCUT2D eigenvalue weighted by Gasteiger charge is 2.19. The molecule has 3 aromatic rings. The van der Waals surface area contributed by atoms with Crippen LogP contribution in [0.25, 0.3) is 22.0 Å². The summed E-state index contributed by atoms with van der Waals surface area (Å²) < 4.78 is 1.86. The Hall–Kier alpha value is -2.62. The molecular formula is C20H21N3O. The van der Waals surface area contributed by atoms with E-state index in [9.17, 15) is 4.79 Å². The number of hydrogen-bond donors (Lipinski definition) is 0. The minimum atomic E-state index is 0.560. The van der Waals surface area contributed by atoms with E-state index in [0.29, 0.717) is 5.92 Å². The van der Waals surface area contributed by atoms with E-state index in [1.165, 1.54) is 22.1 Å². The molecule has 1 aliphatic heterocycles. The van der Waals surface area contributed by atoms with Crippen molar-refractivity contribution >= 4 is 17.3 Å². The van der Waals surface area contributed by atoms with Crippen molar-refractivity contribution in [1.82, 2.24) is 14.7 Å². The van der Waals surface area contributed by atoms with Gasteiger partial charge in [0.2, 0.25) is 6.41 Å². The monoisotopic (exact) mass is 319 g/mol. The number of carbonyl (C=O) groups excluding carboxylic acids is 1. The summed E-state index contributed by atoms with van der Waals surface area (Å²) in [6.45, 7) is 1.73. The summed E-state index contributed by atoms with van der Waals surface area (Å²) in [5.74, 6) is 0.560. The van der Waals surface area contributed by atoms with Gasteiger partial charge in [0.15, 0.2) is 0 Å². The van der Waals surface area contributed by atoms with E-state index >= 15 is 0 Å². The number of benzene rings is 2. The minimum Gasteiger partial charge on any atom is -0.345 e. The van der Waals surface area contributed by atoms with Crippen LogP contribution in [0.1, 0.15) is 24.3 Å². The van der Waals surface area contributed by atoms with Crippen molar-refractivity contribution in [2.24, 2.45) is 7.05 Å². The SMILES string of the molecule is Cn1cc2c(-c3ccc(C4CCN(C=O)CC4)cc3)cccc2n1. The molecule has 1 fully saturated rings. The Kier molecular flexibility index (Phi) is 3.81. The zero-order valence-electron chi connectivity index (χ0n) is 13.9. The van der Waals surface area contributed by atoms with Crippen molar-refractivity contribution in [2.75, 3.05) is 13.1 Å². The molecule has 0 N–H and O–H groups in total. The fourth-order valence-electron chi connectivity index (χ4n) is 3.69. The van der Waals surface area contributed by atoms with Gasteiger partial charge in [-0.05, 0) is 41.5 Å². The first-order valence-electron chi connectivity index (χ1n) is 8.46. The number of fused-ring (bicyclic) bond motifs is 1. The van der Waals surface area contributed by atoms with Crippen LogP contribution < -0.4 is 0 Å². The maximum absolute atomic E-state index is 10.8. The lowest BCUT2D eigenvalue weighted by atomic mass is 9.88. The van der Waals surface area contributed by atoms with Crippen molar-refractivity contribution in [3.05, 3.63) is 54.2 Å². The minimum absolute atomic E-state index is 0.560. The second kappa shape index (κ2) is 6.11. The summed E-state index contributed by atoms with van der Waals surface area (Å²) in [7, 11) is 1.96. The number of hydrogen-bond acceptors (Lipinski definition) is 2. The van der Waals surface area contributed by atoms with Gasteiger partial charge in [0.1, 0.15) is 0 Å². The fraction of sp³-hybridized carbons (Fsp3) is 0.300. The fourth-order valence-corrected chi connectivity index (χ4v) is 3.69. The van der Waals surface area contributed by atoms with Crippen LogP contribution in [0.2, 0.25) is 0 Å². The van der Waals surface area contributed by atoms with Crippen LogP contribution in [0.4, 0.5) is 0 Å². The third-order valence-electron chi connectivity index (χ3n) is 5.04. The zero-order chi connectivity index (χ0) is 16.5. The van der Waals surface area contributed by atoms with E-state index in [2.05, 4.69) is 47.7 Å². The van der Waals surface area contributed by atoms with Gasteiger partial charge in [0, 0.05) is 31.7 Å². The van der Waals surface area contributed by atoms with Crippen molar-refractivity contribution in [3.63, 3.8) is 0 Å². The molecule has 1 aromatic heterocycles. The van der Waals surface area contributed by atoms with E-state index in [-0.39, 0.29) is 0 Å². The summed E-state index contributed by atoms with van der Waals surface area (Å²) in [6, 6.07) is 15.2. The van der Waals surface area contributed by atoms with Crippen molar-refractivity contribution in [2.45, 2.75) is 18.8 Å². The second-order valence-electron chi connectivity index (χ2n) is 6.58. The summed E-state index contributed by atoms with van der Waals surface area (Å²) in [4.78, 5) is 12.7. The third kappa shape index (κ3) is 2.68. The topological polar surface area (TPSA) is 38.1 Å². The molecule has 0 spiro atoms. The van der Waals surface area contributed by atoms with Gasteiger partial charge < -0.3 is 4.90 Å². The van der Waals surface area contributed by atoms with Gasteiger partial charge in [-0.3, -0.25) is 9.48 Å². The standard InChI is InChI=1S/C20H21N3O/c1-22-13-19-18(3-2-4-20(19)21-22)17-7-5-15(6-8-17)16-9-11-23(14-24)12-10-16/h2-8,13-14,16H,9-12H2,1H3. The lowest BCUT2D eigenvalue weighted by molar-refractivity contribution is -0.119. The van der Waals surface area contributed by atoms with Crippen molar-refractivity contribution in [3.8, 4) is 11.1 Å². The largest absolute Gasteiger partial charge is 0.345 e. The van der Waals surface area contributed by atoms with E-state index in [0.717, 1.165) is 37.9 Å². The van der Waals surface area contributed by atoms with Crippen LogP contribution in [0, 0.1) is 0 Å². The Morgan fingerprint density at radius 3 is 2.54 bits per heavy atom. The summed E-state index contributed by atoms with van der Waals surface area (Å²) in [5, 5.41) is 5.68. The molecule has 2 aromatic carbocycles. The lowest BCUT2D eigenvalue weighted by Gasteiger charge is -2.29. The molecule has 4 rings (SSSR count). The number of piperidine rings is 1. The second-order valence-corrected chi connectivity index (χ2v) is 6.58. The molecule has 24 heavy (non-hydrogen) atoms. The number of nitrogens with zero attached hydrogens (tertiary/aromatic N) is 3. The number of rotatable bonds is 3. The molecule has 2 heterocycles. The van der Waals surface area contributed by atoms with E-state index in [1.807, 2.05) is 22.7 Å². The molecular weight excluding hydrogens is 298 g/mol. The molecule has 4 heteroatoms. The van der Waals surface area contributed by atoms with Gasteiger partial charge in [-0.15, -0.1) is 0 Å². The Labute approximate surface area is 141 Å². The zero-order valence-corrected chi connectivity index (χ0v) is 13.9. The maximum atomic E-state index is 10.8. The Morgan fingerprint density at radius 2 is 1.83 bits per heavy atom. The highest BCUT2D eigenvalue weighted by molar-refractivity contribution is 5.94. The normalized spacial score (nSPS) is 15.8. The van der Waals surface area contributed by atoms with Gasteiger partial charge in [-0.2, -0.15) is 5.10 Å². The highest BCUT2D eigenvalue weighted by atomic mass is 16.1. The van der Waals surface area contributed by atoms with Crippen LogP contribution >= 0.6 is 0 Å². The molecule has 0 aliphatic carbocycles. The Bertz CT molecular complexity index is 858. The van der Waals surface area contributed by atoms with Crippen molar-refractivity contribution < 1.29 is 4.79 Å². The molecule has 0 radical (unpaired) electrons. The van der Waals surface area contributed by atoms with Crippen LogP contribution in [-0.4, -0.2) is 34.2 Å². The van der Waals surface area contributed by atoms with Gasteiger partial charge in [0.05, 0.1) is 5.52 Å². The number of carbonyl (C=O) groups is 1. The van der Waals surface area contributed by atoms with E-state index in [1.54, 1.807) is 0 Å². The van der Waals surface area contributed by atoms with E-state index in [4.69, 9.17) is 0 Å². The van der Waals surface area contributed by atoms with Gasteiger partial charge in [-0.1, -0.05) is 36.4 Å². The molecule has 0 unspecified atom stereocenters. The average molecular weight is 319 g/mol. The van der Waals surface area contributed by atoms with Crippen LogP contribution in [-0.2, 0) is 11.8 Å². The molecule has 0 saturated carbocycles. The number of aromatic nitrogens is 2. The van der Waals surface area contributed by atoms with Gasteiger partial charge in [-0.25, -0.2) is 0 Å². The average Bonchev–Trinajstić information content (AvgIpc) is 3.02. The third-order valence-corrected chi connectivity index (χ3v) is 5.04.